The van der Waals surface area contributed by atoms with Gasteiger partial charge in [0.25, 0.3) is 10.2 Å². The Morgan fingerprint density at radius 3 is 2.55 bits per heavy atom. The first-order valence-corrected chi connectivity index (χ1v) is 7.84. The number of halogens is 1. The summed E-state index contributed by atoms with van der Waals surface area (Å²) in [6.07, 6.45) is 1.94. The Hall–Kier alpha value is 0.0400. The van der Waals surface area contributed by atoms with E-state index in [1.807, 2.05) is 0 Å². The Morgan fingerprint density at radius 1 is 1.35 bits per heavy atom. The third kappa shape index (κ3) is 5.80. The van der Waals surface area contributed by atoms with E-state index in [2.05, 4.69) is 10.0 Å². The predicted molar refractivity (Wildman–Crippen MR) is 80.5 cm³/mol. The van der Waals surface area contributed by atoms with Crippen molar-refractivity contribution in [2.24, 2.45) is 0 Å². The lowest BCUT2D eigenvalue weighted by Crippen LogP contribution is -2.54. The van der Waals surface area contributed by atoms with Crippen molar-refractivity contribution >= 4 is 22.6 Å². The van der Waals surface area contributed by atoms with Crippen LogP contribution in [0.2, 0.25) is 0 Å². The molecule has 0 aromatic carbocycles. The quantitative estimate of drug-likeness (QED) is 0.600. The van der Waals surface area contributed by atoms with Crippen LogP contribution in [0, 0.1) is 0 Å². The lowest BCUT2D eigenvalue weighted by Gasteiger charge is -2.29. The van der Waals surface area contributed by atoms with Crippen molar-refractivity contribution < 1.29 is 17.9 Å². The highest BCUT2D eigenvalue weighted by molar-refractivity contribution is 7.87. The van der Waals surface area contributed by atoms with E-state index in [1.54, 1.807) is 14.2 Å². The topological polar surface area (TPSA) is 79.9 Å². The molecule has 1 unspecified atom stereocenters. The highest BCUT2D eigenvalue weighted by Crippen LogP contribution is 2.19. The van der Waals surface area contributed by atoms with Crippen molar-refractivity contribution in [1.29, 1.82) is 0 Å². The molecule has 0 aromatic rings. The van der Waals surface area contributed by atoms with Crippen LogP contribution in [0.5, 0.6) is 0 Å². The fourth-order valence-electron chi connectivity index (χ4n) is 2.15. The summed E-state index contributed by atoms with van der Waals surface area (Å²) in [6.45, 7) is 2.43. The van der Waals surface area contributed by atoms with Crippen molar-refractivity contribution in [1.82, 2.24) is 14.3 Å². The van der Waals surface area contributed by atoms with Crippen LogP contribution < -0.4 is 10.0 Å². The van der Waals surface area contributed by atoms with Crippen LogP contribution in [0.4, 0.5) is 0 Å². The van der Waals surface area contributed by atoms with E-state index in [4.69, 9.17) is 9.47 Å². The lowest BCUT2D eigenvalue weighted by atomic mass is 9.99. The molecule has 7 nitrogen and oxygen atoms in total. The first-order valence-electron chi connectivity index (χ1n) is 6.40. The van der Waals surface area contributed by atoms with Crippen LogP contribution in [0.1, 0.15) is 12.8 Å². The van der Waals surface area contributed by atoms with Crippen molar-refractivity contribution in [3.8, 4) is 0 Å². The van der Waals surface area contributed by atoms with E-state index in [1.165, 1.54) is 11.4 Å². The summed E-state index contributed by atoms with van der Waals surface area (Å²) in [5, 5.41) is 3.33. The van der Waals surface area contributed by atoms with Crippen molar-refractivity contribution in [2.75, 3.05) is 54.1 Å². The zero-order chi connectivity index (χ0) is 14.4. The van der Waals surface area contributed by atoms with Crippen LogP contribution in [0.25, 0.3) is 0 Å². The van der Waals surface area contributed by atoms with Gasteiger partial charge in [0, 0.05) is 34.4 Å². The Balaban J connectivity index is 0.00000361. The van der Waals surface area contributed by atoms with E-state index in [0.717, 1.165) is 19.4 Å². The molecule has 0 amide bonds. The van der Waals surface area contributed by atoms with Gasteiger partial charge in [0.1, 0.15) is 0 Å². The normalized spacial score (nSPS) is 23.0. The second-order valence-corrected chi connectivity index (χ2v) is 6.75. The molecular formula is C11H26ClN3O4S. The first kappa shape index (κ1) is 20.0. The van der Waals surface area contributed by atoms with Gasteiger partial charge < -0.3 is 14.8 Å². The molecule has 1 heterocycles. The minimum absolute atomic E-state index is 0. The standard InChI is InChI=1S/C11H25N3O4S.ClH/c1-14(7-8-17-2)19(15,16)13-9-11(10-18-3)5-4-6-12-11;/h12-13H,4-10H2,1-3H3;1H. The van der Waals surface area contributed by atoms with E-state index >= 15 is 0 Å². The highest BCUT2D eigenvalue weighted by Gasteiger charge is 2.35. The Bertz CT molecular complexity index is 361. The van der Waals surface area contributed by atoms with E-state index < -0.39 is 10.2 Å². The van der Waals surface area contributed by atoms with Crippen LogP contribution >= 0.6 is 12.4 Å². The number of nitrogens with one attached hydrogen (secondary N) is 2. The van der Waals surface area contributed by atoms with Crippen molar-refractivity contribution in [3.63, 3.8) is 0 Å². The van der Waals surface area contributed by atoms with Crippen LogP contribution in [0.3, 0.4) is 0 Å². The summed E-state index contributed by atoms with van der Waals surface area (Å²) < 4.78 is 38.0. The number of likely N-dealkylation sites (N-methyl/N-ethyl adjacent to an activating group) is 1. The van der Waals surface area contributed by atoms with Gasteiger partial charge >= 0.3 is 0 Å². The average molecular weight is 332 g/mol. The molecule has 0 bridgehead atoms. The largest absolute Gasteiger partial charge is 0.383 e. The molecule has 0 spiro atoms. The molecule has 0 aromatic heterocycles. The third-order valence-electron chi connectivity index (χ3n) is 3.37. The van der Waals surface area contributed by atoms with Gasteiger partial charge in [-0.25, -0.2) is 4.72 Å². The van der Waals surface area contributed by atoms with E-state index in [-0.39, 0.29) is 17.9 Å². The van der Waals surface area contributed by atoms with Gasteiger partial charge in [-0.2, -0.15) is 12.7 Å². The molecule has 1 aliphatic heterocycles. The summed E-state index contributed by atoms with van der Waals surface area (Å²) in [7, 11) is 1.24. The van der Waals surface area contributed by atoms with Gasteiger partial charge in [0.15, 0.2) is 0 Å². The predicted octanol–water partition coefficient (Wildman–Crippen LogP) is -0.411. The molecule has 1 fully saturated rings. The van der Waals surface area contributed by atoms with Crippen molar-refractivity contribution in [2.45, 2.75) is 18.4 Å². The maximum Gasteiger partial charge on any atom is 0.279 e. The monoisotopic (exact) mass is 331 g/mol. The zero-order valence-electron chi connectivity index (χ0n) is 12.3. The first-order chi connectivity index (χ1) is 8.96. The molecule has 1 rings (SSSR count). The van der Waals surface area contributed by atoms with Gasteiger partial charge in [-0.3, -0.25) is 0 Å². The molecule has 1 atom stereocenters. The molecule has 1 saturated heterocycles. The fourth-order valence-corrected chi connectivity index (χ4v) is 3.14. The summed E-state index contributed by atoms with van der Waals surface area (Å²) in [5.41, 5.74) is -0.288. The third-order valence-corrected chi connectivity index (χ3v) is 4.88. The van der Waals surface area contributed by atoms with Gasteiger partial charge in [-0.1, -0.05) is 0 Å². The maximum absolute atomic E-state index is 12.0. The summed E-state index contributed by atoms with van der Waals surface area (Å²) >= 11 is 0. The van der Waals surface area contributed by atoms with Gasteiger partial charge in [0.05, 0.1) is 18.8 Å². The van der Waals surface area contributed by atoms with Gasteiger partial charge in [0.2, 0.25) is 0 Å². The minimum Gasteiger partial charge on any atom is -0.383 e. The smallest absolute Gasteiger partial charge is 0.279 e. The molecule has 2 N–H and O–H groups in total. The molecule has 122 valence electrons. The fraction of sp³-hybridized carbons (Fsp3) is 1.00. The van der Waals surface area contributed by atoms with Crippen LogP contribution in [-0.2, 0) is 19.7 Å². The number of methoxy groups -OCH3 is 2. The summed E-state index contributed by atoms with van der Waals surface area (Å²) in [4.78, 5) is 0. The van der Waals surface area contributed by atoms with Gasteiger partial charge in [-0.05, 0) is 19.4 Å². The molecule has 1 aliphatic rings. The Morgan fingerprint density at radius 2 is 2.05 bits per heavy atom. The number of nitrogens with zero attached hydrogens (tertiary/aromatic N) is 1. The molecule has 0 saturated carbocycles. The van der Waals surface area contributed by atoms with E-state index in [0.29, 0.717) is 26.3 Å². The summed E-state index contributed by atoms with van der Waals surface area (Å²) in [5.74, 6) is 0. The SMILES string of the molecule is COCCN(C)S(=O)(=O)NCC1(COC)CCCN1.Cl. The second kappa shape index (κ2) is 9.14. The zero-order valence-corrected chi connectivity index (χ0v) is 14.0. The number of hydrogen-bond donors (Lipinski definition) is 2. The molecule has 0 radical (unpaired) electrons. The van der Waals surface area contributed by atoms with Crippen molar-refractivity contribution in [3.05, 3.63) is 0 Å². The van der Waals surface area contributed by atoms with E-state index in [9.17, 15) is 8.42 Å². The second-order valence-electron chi connectivity index (χ2n) is 4.88. The number of rotatable bonds is 9. The molecule has 0 aliphatic carbocycles. The number of ether oxygens (including phenoxy) is 2. The summed E-state index contributed by atoms with van der Waals surface area (Å²) in [6, 6.07) is 0. The maximum atomic E-state index is 12.0. The van der Waals surface area contributed by atoms with Crippen LogP contribution in [0.15, 0.2) is 0 Å². The Kier molecular flexibility index (Phi) is 9.16. The average Bonchev–Trinajstić information content (AvgIpc) is 2.83. The highest BCUT2D eigenvalue weighted by atomic mass is 35.5. The molecular weight excluding hydrogens is 306 g/mol. The lowest BCUT2D eigenvalue weighted by molar-refractivity contribution is 0.122. The molecule has 20 heavy (non-hydrogen) atoms. The number of hydrogen-bond acceptors (Lipinski definition) is 5. The minimum atomic E-state index is -3.47. The Labute approximate surface area is 128 Å². The molecule has 9 heteroatoms. The van der Waals surface area contributed by atoms with Gasteiger partial charge in [-0.15, -0.1) is 12.4 Å². The van der Waals surface area contributed by atoms with Crippen LogP contribution in [-0.4, -0.2) is 72.4 Å².